The highest BCUT2D eigenvalue weighted by Gasteiger charge is 2.51. The first kappa shape index (κ1) is 16.4. The van der Waals surface area contributed by atoms with Crippen LogP contribution in [0.2, 0.25) is 0 Å². The van der Waals surface area contributed by atoms with E-state index >= 15 is 0 Å². The molecular formula is C18H25FN2O3. The highest BCUT2D eigenvalue weighted by Crippen LogP contribution is 2.32. The number of hydrogen-bond acceptors (Lipinski definition) is 5. The zero-order valence-corrected chi connectivity index (χ0v) is 13.7. The zero-order chi connectivity index (χ0) is 16.5. The monoisotopic (exact) mass is 336 g/mol. The van der Waals surface area contributed by atoms with E-state index < -0.39 is 6.10 Å². The zero-order valence-electron chi connectivity index (χ0n) is 13.7. The van der Waals surface area contributed by atoms with Crippen molar-refractivity contribution >= 4 is 0 Å². The molecule has 24 heavy (non-hydrogen) atoms. The molecule has 0 spiro atoms. The number of ether oxygens (including phenoxy) is 2. The lowest BCUT2D eigenvalue weighted by molar-refractivity contribution is -0.184. The number of aliphatic hydroxyl groups excluding tert-OH is 1. The van der Waals surface area contributed by atoms with Crippen LogP contribution in [0.3, 0.4) is 0 Å². The Kier molecular flexibility index (Phi) is 4.83. The fourth-order valence-corrected chi connectivity index (χ4v) is 4.10. The molecule has 3 fully saturated rings. The van der Waals surface area contributed by atoms with Crippen LogP contribution in [0.4, 0.5) is 4.39 Å². The van der Waals surface area contributed by atoms with Gasteiger partial charge in [-0.15, -0.1) is 0 Å². The molecule has 1 aromatic rings. The molecule has 3 aliphatic heterocycles. The number of hydrogen-bond donors (Lipinski definition) is 2. The van der Waals surface area contributed by atoms with E-state index in [0.29, 0.717) is 13.2 Å². The van der Waals surface area contributed by atoms with E-state index in [0.717, 1.165) is 31.5 Å². The van der Waals surface area contributed by atoms with Gasteiger partial charge in [-0.05, 0) is 43.6 Å². The molecule has 5 atom stereocenters. The molecule has 6 heteroatoms. The van der Waals surface area contributed by atoms with Gasteiger partial charge in [0, 0.05) is 6.54 Å². The molecule has 2 N–H and O–H groups in total. The van der Waals surface area contributed by atoms with Crippen molar-refractivity contribution in [2.24, 2.45) is 0 Å². The topological polar surface area (TPSA) is 54.0 Å². The number of halogens is 1. The Bertz CT molecular complexity index is 550. The van der Waals surface area contributed by atoms with Crippen molar-refractivity contribution in [3.05, 3.63) is 35.6 Å². The van der Waals surface area contributed by atoms with E-state index in [1.807, 2.05) is 0 Å². The van der Waals surface area contributed by atoms with Gasteiger partial charge in [-0.25, -0.2) is 4.39 Å². The third-order valence-electron chi connectivity index (χ3n) is 5.40. The van der Waals surface area contributed by atoms with Gasteiger partial charge in [-0.2, -0.15) is 0 Å². The van der Waals surface area contributed by atoms with Crippen LogP contribution in [-0.4, -0.2) is 60.3 Å². The van der Waals surface area contributed by atoms with Gasteiger partial charge in [0.1, 0.15) is 11.9 Å². The Morgan fingerprint density at radius 3 is 2.67 bits per heavy atom. The molecule has 132 valence electrons. The smallest absolute Gasteiger partial charge is 0.176 e. The van der Waals surface area contributed by atoms with Gasteiger partial charge in [0.25, 0.3) is 0 Å². The number of fused-ring (bicyclic) bond motifs is 2. The van der Waals surface area contributed by atoms with Gasteiger partial charge in [-0.3, -0.25) is 4.90 Å². The normalized spacial score (nSPS) is 36.8. The molecule has 5 nitrogen and oxygen atoms in total. The summed E-state index contributed by atoms with van der Waals surface area (Å²) in [6.45, 7) is 3.05. The number of piperidine rings is 1. The van der Waals surface area contributed by atoms with Crippen molar-refractivity contribution < 1.29 is 19.0 Å². The van der Waals surface area contributed by atoms with E-state index in [1.165, 1.54) is 18.6 Å². The van der Waals surface area contributed by atoms with E-state index in [1.54, 1.807) is 12.1 Å². The minimum Gasteiger partial charge on any atom is -0.390 e. The van der Waals surface area contributed by atoms with Crippen molar-refractivity contribution in [3.63, 3.8) is 0 Å². The van der Waals surface area contributed by atoms with E-state index in [4.69, 9.17) is 9.47 Å². The summed E-state index contributed by atoms with van der Waals surface area (Å²) in [5.41, 5.74) is 0.985. The van der Waals surface area contributed by atoms with Crippen LogP contribution in [0, 0.1) is 5.82 Å². The minimum atomic E-state index is -0.533. The van der Waals surface area contributed by atoms with Crippen molar-refractivity contribution in [1.82, 2.24) is 10.2 Å². The Morgan fingerprint density at radius 2 is 1.92 bits per heavy atom. The second-order valence-electron chi connectivity index (χ2n) is 6.99. The molecule has 0 amide bonds. The van der Waals surface area contributed by atoms with Crippen LogP contribution in [0.25, 0.3) is 0 Å². The van der Waals surface area contributed by atoms with Gasteiger partial charge in [0.2, 0.25) is 0 Å². The van der Waals surface area contributed by atoms with Crippen LogP contribution in [0.1, 0.15) is 24.8 Å². The summed E-state index contributed by atoms with van der Waals surface area (Å²) in [5, 5.41) is 14.4. The first-order valence-electron chi connectivity index (χ1n) is 8.89. The van der Waals surface area contributed by atoms with E-state index in [9.17, 15) is 9.50 Å². The fourth-order valence-electron chi connectivity index (χ4n) is 4.10. The quantitative estimate of drug-likeness (QED) is 0.867. The first-order valence-corrected chi connectivity index (χ1v) is 8.89. The van der Waals surface area contributed by atoms with E-state index in [2.05, 4.69) is 10.2 Å². The molecule has 3 aliphatic rings. The molecule has 0 radical (unpaired) electrons. The molecule has 2 bridgehead atoms. The Labute approximate surface area is 141 Å². The summed E-state index contributed by atoms with van der Waals surface area (Å²) in [6.07, 6.45) is 2.58. The predicted octanol–water partition coefficient (Wildman–Crippen LogP) is 1.25. The molecule has 1 aromatic carbocycles. The van der Waals surface area contributed by atoms with Crippen LogP contribution in [-0.2, 0) is 16.0 Å². The molecule has 3 saturated heterocycles. The second kappa shape index (κ2) is 7.06. The standard InChI is InChI=1S/C18H25FN2O3/c19-13-6-4-12(5-7-13)10-20-15-14-11-23-18(24-14)16(17(15)22)21-8-2-1-3-9-21/h4-7,14-18,20,22H,1-3,8-11H2/t14-,15-,16-,17+,18-/m1/s1. The third-order valence-corrected chi connectivity index (χ3v) is 5.40. The summed E-state index contributed by atoms with van der Waals surface area (Å²) >= 11 is 0. The number of likely N-dealkylation sites (tertiary alicyclic amines) is 1. The maximum atomic E-state index is 13.0. The number of nitrogens with one attached hydrogen (secondary N) is 1. The Hall–Kier alpha value is -1.05. The largest absolute Gasteiger partial charge is 0.390 e. The molecule has 0 aromatic heterocycles. The van der Waals surface area contributed by atoms with Crippen LogP contribution < -0.4 is 5.32 Å². The lowest BCUT2D eigenvalue weighted by Gasteiger charge is -2.45. The third kappa shape index (κ3) is 3.21. The lowest BCUT2D eigenvalue weighted by atomic mass is 9.93. The fraction of sp³-hybridized carbons (Fsp3) is 0.667. The van der Waals surface area contributed by atoms with Crippen molar-refractivity contribution in [3.8, 4) is 0 Å². The van der Waals surface area contributed by atoms with Gasteiger partial charge in [-0.1, -0.05) is 18.6 Å². The summed E-state index contributed by atoms with van der Waals surface area (Å²) in [5.74, 6) is -0.239. The summed E-state index contributed by atoms with van der Waals surface area (Å²) in [4.78, 5) is 2.31. The van der Waals surface area contributed by atoms with Gasteiger partial charge < -0.3 is 19.9 Å². The second-order valence-corrected chi connectivity index (χ2v) is 6.99. The highest BCUT2D eigenvalue weighted by atomic mass is 19.1. The maximum Gasteiger partial charge on any atom is 0.176 e. The minimum absolute atomic E-state index is 0.116. The summed E-state index contributed by atoms with van der Waals surface area (Å²) in [7, 11) is 0. The van der Waals surface area contributed by atoms with Crippen molar-refractivity contribution in [1.29, 1.82) is 0 Å². The highest BCUT2D eigenvalue weighted by molar-refractivity contribution is 5.16. The average molecular weight is 336 g/mol. The first-order chi connectivity index (χ1) is 11.7. The summed E-state index contributed by atoms with van der Waals surface area (Å²) < 4.78 is 24.8. The SMILES string of the molecule is O[C@H]1[C@H](NCc2ccc(F)cc2)[C@H]2CO[C@H](O2)[C@@H]1N1CCCCC1. The number of benzene rings is 1. The molecular weight excluding hydrogens is 311 g/mol. The van der Waals surface area contributed by atoms with Crippen molar-refractivity contribution in [2.75, 3.05) is 19.7 Å². The summed E-state index contributed by atoms with van der Waals surface area (Å²) in [6, 6.07) is 6.13. The molecule has 0 saturated carbocycles. The van der Waals surface area contributed by atoms with Crippen LogP contribution >= 0.6 is 0 Å². The maximum absolute atomic E-state index is 13.0. The van der Waals surface area contributed by atoms with Crippen LogP contribution in [0.5, 0.6) is 0 Å². The van der Waals surface area contributed by atoms with Crippen molar-refractivity contribution in [2.45, 2.75) is 56.4 Å². The molecule has 0 aliphatic carbocycles. The van der Waals surface area contributed by atoms with Gasteiger partial charge >= 0.3 is 0 Å². The Balaban J connectivity index is 1.44. The number of rotatable bonds is 4. The Morgan fingerprint density at radius 1 is 1.17 bits per heavy atom. The van der Waals surface area contributed by atoms with Gasteiger partial charge in [0.05, 0.1) is 24.8 Å². The molecule has 0 unspecified atom stereocenters. The lowest BCUT2D eigenvalue weighted by Crippen LogP contribution is -2.64. The predicted molar refractivity (Wildman–Crippen MR) is 86.9 cm³/mol. The average Bonchev–Trinajstić information content (AvgIpc) is 3.02. The van der Waals surface area contributed by atoms with Gasteiger partial charge in [0.15, 0.2) is 6.29 Å². The number of nitrogens with zero attached hydrogens (tertiary/aromatic N) is 1. The molecule has 3 heterocycles. The van der Waals surface area contributed by atoms with E-state index in [-0.39, 0.29) is 30.3 Å². The molecule has 4 rings (SSSR count). The number of aliphatic hydroxyl groups is 1. The van der Waals surface area contributed by atoms with Crippen LogP contribution in [0.15, 0.2) is 24.3 Å².